The van der Waals surface area contributed by atoms with E-state index in [2.05, 4.69) is 28.0 Å². The summed E-state index contributed by atoms with van der Waals surface area (Å²) < 4.78 is 9.71. The fourth-order valence-electron chi connectivity index (χ4n) is 2.38. The van der Waals surface area contributed by atoms with E-state index < -0.39 is 0 Å². The lowest BCUT2D eigenvalue weighted by molar-refractivity contribution is 0.344. The van der Waals surface area contributed by atoms with Crippen LogP contribution in [-0.4, -0.2) is 21.0 Å². The maximum Gasteiger partial charge on any atom is 0.128 e. The van der Waals surface area contributed by atoms with Gasteiger partial charge in [0, 0.05) is 24.3 Å². The van der Waals surface area contributed by atoms with Crippen LogP contribution in [0.3, 0.4) is 0 Å². The molecule has 0 unspecified atom stereocenters. The molecule has 3 rings (SSSR count). The molecule has 0 amide bonds. The van der Waals surface area contributed by atoms with Crippen molar-refractivity contribution >= 4 is 16.6 Å². The van der Waals surface area contributed by atoms with Crippen LogP contribution in [0.25, 0.3) is 10.9 Å². The highest BCUT2D eigenvalue weighted by molar-refractivity contribution is 5.86. The van der Waals surface area contributed by atoms with Crippen molar-refractivity contribution in [2.24, 2.45) is 0 Å². The van der Waals surface area contributed by atoms with Gasteiger partial charge in [0.05, 0.1) is 30.6 Å². The molecule has 0 aliphatic rings. The number of anilines is 1. The topological polar surface area (TPSA) is 58.0 Å². The van der Waals surface area contributed by atoms with Crippen LogP contribution < -0.4 is 10.5 Å². The van der Waals surface area contributed by atoms with Crippen molar-refractivity contribution in [2.75, 3.05) is 12.3 Å². The van der Waals surface area contributed by atoms with Crippen molar-refractivity contribution in [3.8, 4) is 5.75 Å². The summed E-state index contributed by atoms with van der Waals surface area (Å²) in [6.45, 7) is 4.31. The quantitative estimate of drug-likeness (QED) is 0.775. The summed E-state index contributed by atoms with van der Waals surface area (Å²) in [5, 5.41) is 5.34. The minimum absolute atomic E-state index is 0.677. The van der Waals surface area contributed by atoms with Crippen molar-refractivity contribution in [1.29, 1.82) is 0 Å². The average molecular weight is 270 g/mol. The zero-order valence-electron chi connectivity index (χ0n) is 11.5. The molecule has 0 saturated heterocycles. The fraction of sp³-hybridized carbons (Fsp3) is 0.267. The smallest absolute Gasteiger partial charge is 0.128 e. The molecular formula is C15H18N4O. The minimum Gasteiger partial charge on any atom is -0.493 e. The molecule has 0 aliphatic heterocycles. The van der Waals surface area contributed by atoms with Crippen LogP contribution in [0.15, 0.2) is 42.9 Å². The number of ether oxygens (including phenoxy) is 1. The van der Waals surface area contributed by atoms with E-state index in [1.807, 2.05) is 29.9 Å². The number of nitrogens with zero attached hydrogens (tertiary/aromatic N) is 3. The SMILES string of the molecule is CCOc1cccc2c1ccn2CCn1cc(N)cn1. The number of aromatic nitrogens is 3. The lowest BCUT2D eigenvalue weighted by Gasteiger charge is -2.08. The van der Waals surface area contributed by atoms with Crippen LogP contribution in [0, 0.1) is 0 Å². The molecule has 2 aromatic heterocycles. The van der Waals surface area contributed by atoms with Gasteiger partial charge in [0.25, 0.3) is 0 Å². The molecular weight excluding hydrogens is 252 g/mol. The summed E-state index contributed by atoms with van der Waals surface area (Å²) in [4.78, 5) is 0. The molecule has 5 nitrogen and oxygen atoms in total. The molecule has 2 N–H and O–H groups in total. The first kappa shape index (κ1) is 12.6. The Morgan fingerprint density at radius 3 is 2.90 bits per heavy atom. The number of benzene rings is 1. The van der Waals surface area contributed by atoms with Gasteiger partial charge in [0.2, 0.25) is 0 Å². The van der Waals surface area contributed by atoms with Crippen molar-refractivity contribution < 1.29 is 4.74 Å². The Morgan fingerprint density at radius 2 is 2.15 bits per heavy atom. The van der Waals surface area contributed by atoms with Gasteiger partial charge < -0.3 is 15.0 Å². The highest BCUT2D eigenvalue weighted by Gasteiger charge is 2.06. The number of aryl methyl sites for hydroxylation is 2. The molecule has 0 saturated carbocycles. The number of rotatable bonds is 5. The monoisotopic (exact) mass is 270 g/mol. The third-order valence-corrected chi connectivity index (χ3v) is 3.30. The van der Waals surface area contributed by atoms with Gasteiger partial charge in [0.1, 0.15) is 5.75 Å². The first-order valence-corrected chi connectivity index (χ1v) is 6.76. The average Bonchev–Trinajstić information content (AvgIpc) is 3.04. The lowest BCUT2D eigenvalue weighted by atomic mass is 10.2. The van der Waals surface area contributed by atoms with E-state index >= 15 is 0 Å². The first-order chi connectivity index (χ1) is 9.78. The summed E-state index contributed by atoms with van der Waals surface area (Å²) in [5.74, 6) is 0.937. The Labute approximate surface area is 117 Å². The van der Waals surface area contributed by atoms with Crippen LogP contribution in [-0.2, 0) is 13.1 Å². The normalized spacial score (nSPS) is 11.1. The molecule has 1 aromatic carbocycles. The third-order valence-electron chi connectivity index (χ3n) is 3.30. The summed E-state index contributed by atoms with van der Waals surface area (Å²) in [5.41, 5.74) is 7.54. The van der Waals surface area contributed by atoms with Gasteiger partial charge >= 0.3 is 0 Å². The van der Waals surface area contributed by atoms with Crippen LogP contribution >= 0.6 is 0 Å². The molecule has 2 heterocycles. The Morgan fingerprint density at radius 1 is 1.25 bits per heavy atom. The van der Waals surface area contributed by atoms with Gasteiger partial charge in [-0.15, -0.1) is 0 Å². The highest BCUT2D eigenvalue weighted by atomic mass is 16.5. The van der Waals surface area contributed by atoms with Crippen molar-refractivity contribution in [2.45, 2.75) is 20.0 Å². The van der Waals surface area contributed by atoms with Crippen LogP contribution in [0.1, 0.15) is 6.92 Å². The van der Waals surface area contributed by atoms with Crippen LogP contribution in [0.4, 0.5) is 5.69 Å². The number of nitrogens with two attached hydrogens (primary N) is 1. The molecule has 0 spiro atoms. The Balaban J connectivity index is 1.83. The predicted molar refractivity (Wildman–Crippen MR) is 79.7 cm³/mol. The highest BCUT2D eigenvalue weighted by Crippen LogP contribution is 2.26. The molecule has 3 aromatic rings. The summed E-state index contributed by atoms with van der Waals surface area (Å²) in [6.07, 6.45) is 5.60. The summed E-state index contributed by atoms with van der Waals surface area (Å²) in [6, 6.07) is 8.23. The molecule has 5 heteroatoms. The van der Waals surface area contributed by atoms with Crippen molar-refractivity contribution in [3.63, 3.8) is 0 Å². The maximum atomic E-state index is 5.66. The molecule has 0 fully saturated rings. The van der Waals surface area contributed by atoms with E-state index in [1.165, 1.54) is 5.52 Å². The maximum absolute atomic E-state index is 5.66. The van der Waals surface area contributed by atoms with Gasteiger partial charge in [-0.1, -0.05) is 6.07 Å². The zero-order valence-corrected chi connectivity index (χ0v) is 11.5. The molecule has 0 aliphatic carbocycles. The van der Waals surface area contributed by atoms with Crippen molar-refractivity contribution in [3.05, 3.63) is 42.9 Å². The van der Waals surface area contributed by atoms with Crippen LogP contribution in [0.5, 0.6) is 5.75 Å². The van der Waals surface area contributed by atoms with E-state index in [0.717, 1.165) is 24.2 Å². The molecule has 0 bridgehead atoms. The third kappa shape index (κ3) is 2.34. The van der Waals surface area contributed by atoms with E-state index in [-0.39, 0.29) is 0 Å². The van der Waals surface area contributed by atoms with E-state index in [0.29, 0.717) is 12.3 Å². The molecule has 0 atom stereocenters. The van der Waals surface area contributed by atoms with Crippen molar-refractivity contribution in [1.82, 2.24) is 14.3 Å². The standard InChI is InChI=1S/C15H18N4O/c1-2-20-15-5-3-4-14-13(15)6-7-18(14)8-9-19-11-12(16)10-17-19/h3-7,10-11H,2,8-9,16H2,1H3. The van der Waals surface area contributed by atoms with Crippen LogP contribution in [0.2, 0.25) is 0 Å². The van der Waals surface area contributed by atoms with Gasteiger partial charge in [-0.2, -0.15) is 5.10 Å². The second-order valence-electron chi connectivity index (χ2n) is 4.67. The fourth-order valence-corrected chi connectivity index (χ4v) is 2.38. The molecule has 0 radical (unpaired) electrons. The number of nitrogen functional groups attached to an aromatic ring is 1. The summed E-state index contributed by atoms with van der Waals surface area (Å²) in [7, 11) is 0. The van der Waals surface area contributed by atoms with E-state index in [1.54, 1.807) is 6.20 Å². The van der Waals surface area contributed by atoms with Gasteiger partial charge in [-0.05, 0) is 25.1 Å². The van der Waals surface area contributed by atoms with Gasteiger partial charge in [0.15, 0.2) is 0 Å². The Kier molecular flexibility index (Phi) is 3.33. The first-order valence-electron chi connectivity index (χ1n) is 6.76. The second kappa shape index (κ2) is 5.28. The zero-order chi connectivity index (χ0) is 13.9. The summed E-state index contributed by atoms with van der Waals surface area (Å²) >= 11 is 0. The Hall–Kier alpha value is -2.43. The van der Waals surface area contributed by atoms with Gasteiger partial charge in [-0.25, -0.2) is 0 Å². The predicted octanol–water partition coefficient (Wildman–Crippen LogP) is 2.52. The number of fused-ring (bicyclic) bond motifs is 1. The number of hydrogen-bond acceptors (Lipinski definition) is 3. The largest absolute Gasteiger partial charge is 0.493 e. The van der Waals surface area contributed by atoms with Gasteiger partial charge in [-0.3, -0.25) is 4.68 Å². The second-order valence-corrected chi connectivity index (χ2v) is 4.67. The van der Waals surface area contributed by atoms with E-state index in [4.69, 9.17) is 10.5 Å². The van der Waals surface area contributed by atoms with E-state index in [9.17, 15) is 0 Å². The number of hydrogen-bond donors (Lipinski definition) is 1. The minimum atomic E-state index is 0.677. The molecule has 104 valence electrons. The lowest BCUT2D eigenvalue weighted by Crippen LogP contribution is -2.06. The molecule has 20 heavy (non-hydrogen) atoms. The Bertz CT molecular complexity index is 714.